The van der Waals surface area contributed by atoms with Crippen LogP contribution in [-0.2, 0) is 26.2 Å². The van der Waals surface area contributed by atoms with E-state index in [2.05, 4.69) is 5.32 Å². The highest BCUT2D eigenvalue weighted by atomic mass is 35.5. The number of likely N-dealkylation sites (N-methyl/N-ethyl adjacent to an activating group) is 1. The Morgan fingerprint density at radius 2 is 1.59 bits per heavy atom. The molecule has 1 atom stereocenters. The van der Waals surface area contributed by atoms with E-state index >= 15 is 0 Å². The summed E-state index contributed by atoms with van der Waals surface area (Å²) in [6.07, 6.45) is 1.27. The van der Waals surface area contributed by atoms with Crippen molar-refractivity contribution in [3.63, 3.8) is 0 Å². The summed E-state index contributed by atoms with van der Waals surface area (Å²) in [7, 11) is -3.91. The monoisotopic (exact) mass is 567 g/mol. The molecule has 7 nitrogen and oxygen atoms in total. The molecule has 0 fully saturated rings. The van der Waals surface area contributed by atoms with Crippen molar-refractivity contribution >= 4 is 73.9 Å². The zero-order valence-corrected chi connectivity index (χ0v) is 22.7. The van der Waals surface area contributed by atoms with Gasteiger partial charge in [0.05, 0.1) is 11.9 Å². The van der Waals surface area contributed by atoms with Gasteiger partial charge in [-0.2, -0.15) is 0 Å². The van der Waals surface area contributed by atoms with Crippen LogP contribution < -0.4 is 9.62 Å². The normalized spacial score (nSPS) is 12.2. The first kappa shape index (κ1) is 28.5. The summed E-state index contributed by atoms with van der Waals surface area (Å²) in [5.74, 6) is -0.967. The number of carbonyl (C=O) groups is 2. The Labute approximate surface area is 220 Å². The molecule has 0 aliphatic heterocycles. The predicted molar refractivity (Wildman–Crippen MR) is 138 cm³/mol. The highest BCUT2D eigenvalue weighted by Crippen LogP contribution is 2.28. The van der Waals surface area contributed by atoms with Crippen LogP contribution in [-0.4, -0.2) is 50.5 Å². The molecule has 2 rings (SSSR count). The molecular weight excluding hydrogens is 544 g/mol. The second-order valence-electron chi connectivity index (χ2n) is 7.47. The van der Waals surface area contributed by atoms with Crippen LogP contribution in [0.15, 0.2) is 36.4 Å². The van der Waals surface area contributed by atoms with E-state index in [0.717, 1.165) is 10.6 Å². The van der Waals surface area contributed by atoms with Crippen LogP contribution in [0.1, 0.15) is 25.8 Å². The van der Waals surface area contributed by atoms with Crippen LogP contribution in [0, 0.1) is 0 Å². The molecule has 0 aromatic heterocycles. The molecule has 0 radical (unpaired) electrons. The van der Waals surface area contributed by atoms with Crippen LogP contribution in [0.4, 0.5) is 5.69 Å². The molecule has 2 aromatic carbocycles. The molecule has 0 bridgehead atoms. The van der Waals surface area contributed by atoms with Gasteiger partial charge in [0.15, 0.2) is 0 Å². The average molecular weight is 569 g/mol. The summed E-state index contributed by atoms with van der Waals surface area (Å²) in [6.45, 7) is 3.29. The summed E-state index contributed by atoms with van der Waals surface area (Å²) >= 11 is 24.4. The second-order valence-corrected chi connectivity index (χ2v) is 11.1. The van der Waals surface area contributed by atoms with Crippen molar-refractivity contribution in [1.82, 2.24) is 10.2 Å². The Balaban J connectivity index is 2.50. The van der Waals surface area contributed by atoms with Gasteiger partial charge in [-0.3, -0.25) is 13.9 Å². The van der Waals surface area contributed by atoms with Gasteiger partial charge in [0.2, 0.25) is 21.8 Å². The lowest BCUT2D eigenvalue weighted by molar-refractivity contribution is -0.140. The van der Waals surface area contributed by atoms with E-state index in [1.165, 1.54) is 29.2 Å². The average Bonchev–Trinajstić information content (AvgIpc) is 2.71. The van der Waals surface area contributed by atoms with Gasteiger partial charge in [0.1, 0.15) is 12.6 Å². The first-order chi connectivity index (χ1) is 15.9. The van der Waals surface area contributed by atoms with Gasteiger partial charge in [-0.15, -0.1) is 0 Å². The second kappa shape index (κ2) is 12.3. The Bertz CT molecular complexity index is 1140. The largest absolute Gasteiger partial charge is 0.355 e. The minimum absolute atomic E-state index is 0.0294. The third-order valence-corrected chi connectivity index (χ3v) is 7.07. The van der Waals surface area contributed by atoms with Gasteiger partial charge in [-0.25, -0.2) is 8.42 Å². The topological polar surface area (TPSA) is 86.8 Å². The van der Waals surface area contributed by atoms with Gasteiger partial charge in [-0.05, 0) is 49.2 Å². The summed E-state index contributed by atoms with van der Waals surface area (Å²) in [5, 5.41) is 3.88. The standard InChI is InChI=1S/C22H25Cl4N3O4S/c1-4-20(22(31)27-5-2)28(12-14-6-7-15(23)11-19(14)26)21(30)13-29(34(3,32)33)18-9-16(24)8-17(25)10-18/h6-11,20H,4-5,12-13H2,1-3H3,(H,27,31)/t20-/m1/s1. The maximum Gasteiger partial charge on any atom is 0.244 e. The smallest absolute Gasteiger partial charge is 0.244 e. The van der Waals surface area contributed by atoms with Gasteiger partial charge in [0.25, 0.3) is 0 Å². The van der Waals surface area contributed by atoms with E-state index in [0.29, 0.717) is 28.6 Å². The zero-order chi connectivity index (χ0) is 25.6. The lowest BCUT2D eigenvalue weighted by atomic mass is 10.1. The molecule has 0 aliphatic rings. The fourth-order valence-electron chi connectivity index (χ4n) is 3.34. The Morgan fingerprint density at radius 3 is 2.09 bits per heavy atom. The molecular formula is C22H25Cl4N3O4S. The third-order valence-electron chi connectivity index (χ3n) is 4.91. The van der Waals surface area contributed by atoms with Gasteiger partial charge in [0, 0.05) is 33.2 Å². The Morgan fingerprint density at radius 1 is 0.971 bits per heavy atom. The van der Waals surface area contributed by atoms with Crippen molar-refractivity contribution in [2.75, 3.05) is 23.7 Å². The summed E-state index contributed by atoms with van der Waals surface area (Å²) in [4.78, 5) is 27.6. The van der Waals surface area contributed by atoms with Crippen molar-refractivity contribution in [2.24, 2.45) is 0 Å². The first-order valence-electron chi connectivity index (χ1n) is 10.3. The van der Waals surface area contributed by atoms with Gasteiger partial charge >= 0.3 is 0 Å². The summed E-state index contributed by atoms with van der Waals surface area (Å²) in [6, 6.07) is 8.18. The number of sulfonamides is 1. The van der Waals surface area contributed by atoms with Crippen LogP contribution in [0.25, 0.3) is 0 Å². The number of nitrogens with zero attached hydrogens (tertiary/aromatic N) is 2. The van der Waals surface area contributed by atoms with Crippen molar-refractivity contribution in [2.45, 2.75) is 32.9 Å². The summed E-state index contributed by atoms with van der Waals surface area (Å²) in [5.41, 5.74) is 0.683. The molecule has 0 saturated carbocycles. The number of rotatable bonds is 10. The Kier molecular flexibility index (Phi) is 10.3. The maximum absolute atomic E-state index is 13.5. The lowest BCUT2D eigenvalue weighted by Gasteiger charge is -2.33. The van der Waals surface area contributed by atoms with Crippen LogP contribution in [0.3, 0.4) is 0 Å². The molecule has 0 unspecified atom stereocenters. The van der Waals surface area contributed by atoms with Crippen molar-refractivity contribution in [3.05, 3.63) is 62.1 Å². The molecule has 12 heteroatoms. The Hall–Kier alpha value is -1.71. The highest BCUT2D eigenvalue weighted by Gasteiger charge is 2.32. The molecule has 1 N–H and O–H groups in total. The van der Waals surface area contributed by atoms with Gasteiger partial charge < -0.3 is 10.2 Å². The number of nitrogens with one attached hydrogen (secondary N) is 1. The fourth-order valence-corrected chi connectivity index (χ4v) is 5.16. The van der Waals surface area contributed by atoms with Crippen LogP contribution >= 0.6 is 46.4 Å². The number of amides is 2. The molecule has 0 heterocycles. The summed E-state index contributed by atoms with van der Waals surface area (Å²) < 4.78 is 26.1. The molecule has 0 saturated heterocycles. The zero-order valence-electron chi connectivity index (χ0n) is 18.8. The van der Waals surface area contributed by atoms with Crippen LogP contribution in [0.5, 0.6) is 0 Å². The molecule has 34 heavy (non-hydrogen) atoms. The number of hydrogen-bond donors (Lipinski definition) is 1. The molecule has 2 amide bonds. The maximum atomic E-state index is 13.5. The van der Waals surface area contributed by atoms with E-state index in [9.17, 15) is 18.0 Å². The molecule has 0 aliphatic carbocycles. The first-order valence-corrected chi connectivity index (χ1v) is 13.7. The van der Waals surface area contributed by atoms with E-state index in [1.807, 2.05) is 0 Å². The number of hydrogen-bond acceptors (Lipinski definition) is 4. The quantitative estimate of drug-likeness (QED) is 0.436. The highest BCUT2D eigenvalue weighted by molar-refractivity contribution is 7.92. The van der Waals surface area contributed by atoms with Crippen molar-refractivity contribution in [1.29, 1.82) is 0 Å². The lowest BCUT2D eigenvalue weighted by Crippen LogP contribution is -2.52. The number of halogens is 4. The van der Waals surface area contributed by atoms with E-state index < -0.39 is 28.5 Å². The molecule has 2 aromatic rings. The molecule has 186 valence electrons. The van der Waals surface area contributed by atoms with Crippen molar-refractivity contribution in [3.8, 4) is 0 Å². The minimum Gasteiger partial charge on any atom is -0.355 e. The molecule has 0 spiro atoms. The number of carbonyl (C=O) groups excluding carboxylic acids is 2. The number of benzene rings is 2. The van der Waals surface area contributed by atoms with E-state index in [1.54, 1.807) is 26.0 Å². The van der Waals surface area contributed by atoms with E-state index in [-0.39, 0.29) is 28.2 Å². The third kappa shape index (κ3) is 7.65. The minimum atomic E-state index is -3.91. The fraction of sp³-hybridized carbons (Fsp3) is 0.364. The van der Waals surface area contributed by atoms with Gasteiger partial charge in [-0.1, -0.05) is 59.4 Å². The van der Waals surface area contributed by atoms with Crippen molar-refractivity contribution < 1.29 is 18.0 Å². The van der Waals surface area contributed by atoms with Crippen LogP contribution in [0.2, 0.25) is 20.1 Å². The predicted octanol–water partition coefficient (Wildman–Crippen LogP) is 5.01. The van der Waals surface area contributed by atoms with E-state index in [4.69, 9.17) is 46.4 Å². The number of anilines is 1. The SMILES string of the molecule is CCNC(=O)[C@@H](CC)N(Cc1ccc(Cl)cc1Cl)C(=O)CN(c1cc(Cl)cc(Cl)c1)S(C)(=O)=O.